The molecule has 1 saturated heterocycles. The molecule has 2 aromatic heterocycles. The van der Waals surface area contributed by atoms with E-state index in [0.717, 1.165) is 0 Å². The number of pyridine rings is 1. The first-order chi connectivity index (χ1) is 15.2. The standard InChI is InChI=1S/C21H17F3N4O4/c22-21(23,24)17-16(27-19(32-17)12-4-2-1-3-5-12)18(29)26-14-6-7-15(25-10-14)28-9-8-13(11-28)20(30)31/h1-7,10,13H,8-9,11H2,(H,26,29)(H,30,31). The molecule has 2 N–H and O–H groups in total. The number of anilines is 2. The van der Waals surface area contributed by atoms with Crippen molar-refractivity contribution < 1.29 is 32.3 Å². The second kappa shape index (κ2) is 8.33. The van der Waals surface area contributed by atoms with E-state index in [1.54, 1.807) is 29.2 Å². The van der Waals surface area contributed by atoms with Crippen LogP contribution in [0.25, 0.3) is 11.5 Å². The number of rotatable bonds is 5. The van der Waals surface area contributed by atoms with Crippen LogP contribution >= 0.6 is 0 Å². The van der Waals surface area contributed by atoms with Crippen molar-refractivity contribution in [2.75, 3.05) is 23.3 Å². The molecule has 0 aliphatic carbocycles. The van der Waals surface area contributed by atoms with Gasteiger partial charge in [0.2, 0.25) is 11.7 Å². The molecular weight excluding hydrogens is 429 g/mol. The number of hydrogen-bond donors (Lipinski definition) is 2. The average molecular weight is 446 g/mol. The van der Waals surface area contributed by atoms with Crippen LogP contribution < -0.4 is 10.2 Å². The van der Waals surface area contributed by atoms with Crippen LogP contribution in [0, 0.1) is 5.92 Å². The van der Waals surface area contributed by atoms with E-state index in [9.17, 15) is 22.8 Å². The Labute approximate surface area is 179 Å². The number of carboxylic acid groups (broad SMARTS) is 1. The van der Waals surface area contributed by atoms with Crippen molar-refractivity contribution in [3.05, 3.63) is 60.1 Å². The number of aromatic nitrogens is 2. The maximum atomic E-state index is 13.4. The van der Waals surface area contributed by atoms with Crippen LogP contribution in [-0.2, 0) is 11.0 Å². The van der Waals surface area contributed by atoms with Crippen molar-refractivity contribution in [3.63, 3.8) is 0 Å². The van der Waals surface area contributed by atoms with Gasteiger partial charge in [0.25, 0.3) is 5.91 Å². The molecule has 0 radical (unpaired) electrons. The second-order valence-electron chi connectivity index (χ2n) is 7.19. The summed E-state index contributed by atoms with van der Waals surface area (Å²) in [6.07, 6.45) is -3.14. The van der Waals surface area contributed by atoms with Crippen LogP contribution in [0.3, 0.4) is 0 Å². The fourth-order valence-corrected chi connectivity index (χ4v) is 3.38. The Morgan fingerprint density at radius 2 is 1.91 bits per heavy atom. The summed E-state index contributed by atoms with van der Waals surface area (Å²) in [7, 11) is 0. The summed E-state index contributed by atoms with van der Waals surface area (Å²) in [4.78, 5) is 33.4. The zero-order valence-corrected chi connectivity index (χ0v) is 16.5. The van der Waals surface area contributed by atoms with Crippen molar-refractivity contribution in [1.82, 2.24) is 9.97 Å². The zero-order chi connectivity index (χ0) is 22.9. The monoisotopic (exact) mass is 446 g/mol. The fraction of sp³-hybridized carbons (Fsp3) is 0.238. The highest BCUT2D eigenvalue weighted by Crippen LogP contribution is 2.35. The van der Waals surface area contributed by atoms with E-state index < -0.39 is 35.4 Å². The van der Waals surface area contributed by atoms with E-state index in [2.05, 4.69) is 15.3 Å². The van der Waals surface area contributed by atoms with Gasteiger partial charge in [0.15, 0.2) is 5.69 Å². The number of halogens is 3. The molecule has 1 unspecified atom stereocenters. The van der Waals surface area contributed by atoms with Crippen LogP contribution in [-0.4, -0.2) is 40.0 Å². The predicted molar refractivity (Wildman–Crippen MR) is 107 cm³/mol. The summed E-state index contributed by atoms with van der Waals surface area (Å²) in [6.45, 7) is 0.829. The van der Waals surface area contributed by atoms with E-state index >= 15 is 0 Å². The van der Waals surface area contributed by atoms with E-state index in [1.165, 1.54) is 24.4 Å². The first kappa shape index (κ1) is 21.3. The molecule has 3 heterocycles. The molecule has 3 aromatic rings. The molecule has 1 atom stereocenters. The molecule has 0 spiro atoms. The Bertz CT molecular complexity index is 1130. The van der Waals surface area contributed by atoms with Gasteiger partial charge in [-0.3, -0.25) is 9.59 Å². The van der Waals surface area contributed by atoms with Crippen LogP contribution in [0.15, 0.2) is 53.1 Å². The lowest BCUT2D eigenvalue weighted by atomic mass is 10.1. The summed E-state index contributed by atoms with van der Waals surface area (Å²) >= 11 is 0. The lowest BCUT2D eigenvalue weighted by Crippen LogP contribution is -2.23. The number of nitrogens with zero attached hydrogens (tertiary/aromatic N) is 3. The van der Waals surface area contributed by atoms with Crippen LogP contribution in [0.1, 0.15) is 22.7 Å². The summed E-state index contributed by atoms with van der Waals surface area (Å²) in [5.74, 6) is -3.75. The lowest BCUT2D eigenvalue weighted by molar-refractivity contribution is -0.153. The molecule has 1 aliphatic rings. The molecule has 166 valence electrons. The Balaban J connectivity index is 1.52. The van der Waals surface area contributed by atoms with Gasteiger partial charge in [0.1, 0.15) is 5.82 Å². The zero-order valence-electron chi connectivity index (χ0n) is 16.5. The van der Waals surface area contributed by atoms with Gasteiger partial charge in [-0.1, -0.05) is 18.2 Å². The first-order valence-electron chi connectivity index (χ1n) is 9.61. The highest BCUT2D eigenvalue weighted by molar-refractivity contribution is 6.04. The summed E-state index contributed by atoms with van der Waals surface area (Å²) in [5.41, 5.74) is -0.428. The van der Waals surface area contributed by atoms with E-state index in [1.807, 2.05) is 0 Å². The molecule has 4 rings (SSSR count). The van der Waals surface area contributed by atoms with Crippen LogP contribution in [0.2, 0.25) is 0 Å². The summed E-state index contributed by atoms with van der Waals surface area (Å²) in [5, 5.41) is 11.4. The minimum Gasteiger partial charge on any atom is -0.481 e. The molecule has 1 aromatic carbocycles. The normalized spacial score (nSPS) is 16.2. The number of carbonyl (C=O) groups excluding carboxylic acids is 1. The first-order valence-corrected chi connectivity index (χ1v) is 9.61. The summed E-state index contributed by atoms with van der Waals surface area (Å²) < 4.78 is 45.1. The smallest absolute Gasteiger partial charge is 0.452 e. The highest BCUT2D eigenvalue weighted by Gasteiger charge is 2.42. The number of nitrogens with one attached hydrogen (secondary N) is 1. The minimum absolute atomic E-state index is 0.158. The Morgan fingerprint density at radius 3 is 2.50 bits per heavy atom. The van der Waals surface area contributed by atoms with Crippen LogP contribution in [0.4, 0.5) is 24.7 Å². The molecular formula is C21H17F3N4O4. The number of hydrogen-bond acceptors (Lipinski definition) is 6. The topological polar surface area (TPSA) is 109 Å². The van der Waals surface area contributed by atoms with Gasteiger partial charge in [0.05, 0.1) is 17.8 Å². The van der Waals surface area contributed by atoms with E-state index in [4.69, 9.17) is 9.52 Å². The highest BCUT2D eigenvalue weighted by atomic mass is 19.4. The number of carboxylic acids is 1. The number of amides is 1. The molecule has 8 nitrogen and oxygen atoms in total. The van der Waals surface area contributed by atoms with Gasteiger partial charge in [-0.05, 0) is 30.7 Å². The fourth-order valence-electron chi connectivity index (χ4n) is 3.38. The number of alkyl halides is 3. The predicted octanol–water partition coefficient (Wildman–Crippen LogP) is 3.92. The molecule has 32 heavy (non-hydrogen) atoms. The van der Waals surface area contributed by atoms with Crippen molar-refractivity contribution in [2.24, 2.45) is 5.92 Å². The maximum Gasteiger partial charge on any atom is 0.452 e. The third-order valence-electron chi connectivity index (χ3n) is 4.99. The number of benzene rings is 1. The van der Waals surface area contributed by atoms with E-state index in [-0.39, 0.29) is 11.6 Å². The summed E-state index contributed by atoms with van der Waals surface area (Å²) in [6, 6.07) is 11.0. The number of aliphatic carboxylic acids is 1. The Hall–Kier alpha value is -3.89. The van der Waals surface area contributed by atoms with Crippen molar-refractivity contribution in [1.29, 1.82) is 0 Å². The van der Waals surface area contributed by atoms with Gasteiger partial charge in [-0.15, -0.1) is 0 Å². The largest absolute Gasteiger partial charge is 0.481 e. The number of oxazole rings is 1. The molecule has 0 saturated carbocycles. The lowest BCUT2D eigenvalue weighted by Gasteiger charge is -2.17. The molecule has 1 aliphatic heterocycles. The Morgan fingerprint density at radius 1 is 1.16 bits per heavy atom. The molecule has 0 bridgehead atoms. The van der Waals surface area contributed by atoms with Gasteiger partial charge in [-0.25, -0.2) is 9.97 Å². The van der Waals surface area contributed by atoms with Gasteiger partial charge < -0.3 is 19.7 Å². The number of carbonyl (C=O) groups is 2. The molecule has 1 amide bonds. The van der Waals surface area contributed by atoms with E-state index in [0.29, 0.717) is 30.9 Å². The molecule has 11 heteroatoms. The van der Waals surface area contributed by atoms with Crippen LogP contribution in [0.5, 0.6) is 0 Å². The quantitative estimate of drug-likeness (QED) is 0.612. The Kier molecular flexibility index (Phi) is 5.56. The van der Waals surface area contributed by atoms with Crippen molar-refractivity contribution in [2.45, 2.75) is 12.6 Å². The van der Waals surface area contributed by atoms with Gasteiger partial charge in [-0.2, -0.15) is 13.2 Å². The van der Waals surface area contributed by atoms with Crippen molar-refractivity contribution in [3.8, 4) is 11.5 Å². The average Bonchev–Trinajstić information content (AvgIpc) is 3.43. The van der Waals surface area contributed by atoms with Crippen molar-refractivity contribution >= 4 is 23.4 Å². The van der Waals surface area contributed by atoms with Gasteiger partial charge in [0, 0.05) is 18.7 Å². The molecule has 1 fully saturated rings. The minimum atomic E-state index is -4.91. The second-order valence-corrected chi connectivity index (χ2v) is 7.19. The SMILES string of the molecule is O=C(Nc1ccc(N2CCC(C(=O)O)C2)nc1)c1nc(-c2ccccc2)oc1C(F)(F)F. The maximum absolute atomic E-state index is 13.4. The third-order valence-corrected chi connectivity index (χ3v) is 4.99. The van der Waals surface area contributed by atoms with Gasteiger partial charge >= 0.3 is 12.1 Å². The third kappa shape index (κ3) is 4.41.